The molecule has 5 nitrogen and oxygen atoms in total. The van der Waals surface area contributed by atoms with Crippen LogP contribution in [0.5, 0.6) is 0 Å². The Labute approximate surface area is 130 Å². The molecule has 3 rings (SSSR count). The van der Waals surface area contributed by atoms with Crippen molar-refractivity contribution in [3.8, 4) is 0 Å². The lowest BCUT2D eigenvalue weighted by Crippen LogP contribution is -2.40. The molecule has 1 atom stereocenters. The maximum Gasteiger partial charge on any atom is 0.274 e. The molecule has 22 heavy (non-hydrogen) atoms. The minimum Gasteiger partial charge on any atom is -0.337 e. The molecule has 0 radical (unpaired) electrons. The van der Waals surface area contributed by atoms with Gasteiger partial charge in [0.05, 0.1) is 11.9 Å². The van der Waals surface area contributed by atoms with E-state index in [9.17, 15) is 4.79 Å². The Balaban J connectivity index is 1.65. The second kappa shape index (κ2) is 6.64. The number of likely N-dealkylation sites (tertiary alicyclic amines) is 1. The molecule has 0 aliphatic carbocycles. The van der Waals surface area contributed by atoms with Crippen LogP contribution in [0.3, 0.4) is 0 Å². The molecule has 1 aliphatic rings. The lowest BCUT2D eigenvalue weighted by Gasteiger charge is -2.32. The van der Waals surface area contributed by atoms with Crippen molar-refractivity contribution in [1.82, 2.24) is 19.9 Å². The Bertz CT molecular complexity index is 627. The van der Waals surface area contributed by atoms with E-state index in [1.165, 1.54) is 5.56 Å². The lowest BCUT2D eigenvalue weighted by atomic mass is 9.92. The molecule has 2 aromatic rings. The van der Waals surface area contributed by atoms with Gasteiger partial charge in [-0.15, -0.1) is 0 Å². The van der Waals surface area contributed by atoms with E-state index < -0.39 is 0 Å². The van der Waals surface area contributed by atoms with Gasteiger partial charge in [-0.2, -0.15) is 0 Å². The van der Waals surface area contributed by atoms with Crippen LogP contribution in [0.15, 0.2) is 36.9 Å². The Kier molecular flexibility index (Phi) is 4.42. The molecule has 0 aromatic carbocycles. The van der Waals surface area contributed by atoms with Crippen LogP contribution in [0.4, 0.5) is 0 Å². The van der Waals surface area contributed by atoms with Gasteiger partial charge in [0.25, 0.3) is 5.91 Å². The first-order valence-corrected chi connectivity index (χ1v) is 7.69. The number of hydrogen-bond donors (Lipinski definition) is 0. The molecule has 1 fully saturated rings. The highest BCUT2D eigenvalue weighted by molar-refractivity contribution is 5.92. The summed E-state index contributed by atoms with van der Waals surface area (Å²) in [5.74, 6) is 0.476. The average molecular weight is 296 g/mol. The first kappa shape index (κ1) is 14.6. The largest absolute Gasteiger partial charge is 0.337 e. The van der Waals surface area contributed by atoms with E-state index in [0.717, 1.165) is 38.0 Å². The zero-order valence-electron chi connectivity index (χ0n) is 12.8. The van der Waals surface area contributed by atoms with Gasteiger partial charge in [0.15, 0.2) is 0 Å². The quantitative estimate of drug-likeness (QED) is 0.872. The van der Waals surface area contributed by atoms with Crippen LogP contribution < -0.4 is 0 Å². The standard InChI is InChI=1S/C17H20N4O/c1-13-9-20-16(11-19-13)17(22)21-7-3-5-15(12-21)8-14-4-2-6-18-10-14/h2,4,6,9-11,15H,3,5,7-8,12H2,1H3. The monoisotopic (exact) mass is 296 g/mol. The number of carbonyl (C=O) groups excluding carboxylic acids is 1. The summed E-state index contributed by atoms with van der Waals surface area (Å²) in [4.78, 5) is 27.0. The van der Waals surface area contributed by atoms with Gasteiger partial charge < -0.3 is 4.90 Å². The molecular weight excluding hydrogens is 276 g/mol. The summed E-state index contributed by atoms with van der Waals surface area (Å²) in [6, 6.07) is 4.06. The Morgan fingerprint density at radius 3 is 2.95 bits per heavy atom. The van der Waals surface area contributed by atoms with Crippen molar-refractivity contribution < 1.29 is 4.79 Å². The lowest BCUT2D eigenvalue weighted by molar-refractivity contribution is 0.0667. The van der Waals surface area contributed by atoms with Gasteiger partial charge in [-0.3, -0.25) is 14.8 Å². The van der Waals surface area contributed by atoms with Gasteiger partial charge >= 0.3 is 0 Å². The molecule has 1 unspecified atom stereocenters. The minimum atomic E-state index is -0.0108. The maximum absolute atomic E-state index is 12.5. The van der Waals surface area contributed by atoms with Crippen LogP contribution in [0.25, 0.3) is 0 Å². The summed E-state index contributed by atoms with van der Waals surface area (Å²) in [7, 11) is 0. The number of piperidine rings is 1. The molecule has 0 saturated carbocycles. The first-order valence-electron chi connectivity index (χ1n) is 7.69. The topological polar surface area (TPSA) is 59.0 Å². The van der Waals surface area contributed by atoms with E-state index in [1.54, 1.807) is 18.6 Å². The van der Waals surface area contributed by atoms with E-state index in [0.29, 0.717) is 11.6 Å². The van der Waals surface area contributed by atoms with Crippen molar-refractivity contribution in [2.75, 3.05) is 13.1 Å². The fraction of sp³-hybridized carbons (Fsp3) is 0.412. The molecule has 3 heterocycles. The first-order chi connectivity index (χ1) is 10.7. The predicted octanol–water partition coefficient (Wildman–Crippen LogP) is 2.27. The van der Waals surface area contributed by atoms with Gasteiger partial charge in [-0.1, -0.05) is 6.07 Å². The predicted molar refractivity (Wildman–Crippen MR) is 83.3 cm³/mol. The van der Waals surface area contributed by atoms with Gasteiger partial charge in [0, 0.05) is 31.7 Å². The molecule has 1 amide bonds. The minimum absolute atomic E-state index is 0.0108. The van der Waals surface area contributed by atoms with Crippen molar-refractivity contribution >= 4 is 5.91 Å². The fourth-order valence-electron chi connectivity index (χ4n) is 2.93. The van der Waals surface area contributed by atoms with Crippen molar-refractivity contribution in [3.63, 3.8) is 0 Å². The van der Waals surface area contributed by atoms with E-state index in [4.69, 9.17) is 0 Å². The normalized spacial score (nSPS) is 18.2. The number of pyridine rings is 1. The van der Waals surface area contributed by atoms with E-state index in [-0.39, 0.29) is 5.91 Å². The molecule has 1 saturated heterocycles. The fourth-order valence-corrected chi connectivity index (χ4v) is 2.93. The third kappa shape index (κ3) is 3.47. The van der Waals surface area contributed by atoms with E-state index in [1.807, 2.05) is 24.1 Å². The van der Waals surface area contributed by atoms with E-state index in [2.05, 4.69) is 21.0 Å². The second-order valence-electron chi connectivity index (χ2n) is 5.87. The van der Waals surface area contributed by atoms with Gasteiger partial charge in [-0.05, 0) is 43.7 Å². The third-order valence-corrected chi connectivity index (χ3v) is 4.05. The molecule has 0 N–H and O–H groups in total. The van der Waals surface area contributed by atoms with Crippen LogP contribution in [0.2, 0.25) is 0 Å². The number of carbonyl (C=O) groups is 1. The highest BCUT2D eigenvalue weighted by Crippen LogP contribution is 2.21. The SMILES string of the molecule is Cc1cnc(C(=O)N2CCCC(Cc3cccnc3)C2)cn1. The Morgan fingerprint density at radius 2 is 2.23 bits per heavy atom. The number of amides is 1. The molecule has 114 valence electrons. The molecule has 2 aromatic heterocycles. The van der Waals surface area contributed by atoms with Crippen LogP contribution in [0.1, 0.15) is 34.6 Å². The molecule has 0 spiro atoms. The molecule has 1 aliphatic heterocycles. The molecule has 5 heteroatoms. The summed E-state index contributed by atoms with van der Waals surface area (Å²) in [6.07, 6.45) is 10.1. The molecule has 0 bridgehead atoms. The third-order valence-electron chi connectivity index (χ3n) is 4.05. The van der Waals surface area contributed by atoms with Crippen LogP contribution >= 0.6 is 0 Å². The zero-order valence-corrected chi connectivity index (χ0v) is 12.8. The average Bonchev–Trinajstić information content (AvgIpc) is 2.56. The van der Waals surface area contributed by atoms with Gasteiger partial charge in [-0.25, -0.2) is 4.98 Å². The van der Waals surface area contributed by atoms with Crippen LogP contribution in [-0.2, 0) is 6.42 Å². The second-order valence-corrected chi connectivity index (χ2v) is 5.87. The van der Waals surface area contributed by atoms with Gasteiger partial charge in [0.2, 0.25) is 0 Å². The van der Waals surface area contributed by atoms with Gasteiger partial charge in [0.1, 0.15) is 5.69 Å². The summed E-state index contributed by atoms with van der Waals surface area (Å²) >= 11 is 0. The number of aryl methyl sites for hydroxylation is 1. The highest BCUT2D eigenvalue weighted by atomic mass is 16.2. The number of aromatic nitrogens is 3. The summed E-state index contributed by atoms with van der Waals surface area (Å²) in [5.41, 5.74) is 2.49. The number of nitrogens with zero attached hydrogens (tertiary/aromatic N) is 4. The van der Waals surface area contributed by atoms with E-state index >= 15 is 0 Å². The maximum atomic E-state index is 12.5. The summed E-state index contributed by atoms with van der Waals surface area (Å²) < 4.78 is 0. The van der Waals surface area contributed by atoms with Crippen molar-refractivity contribution in [1.29, 1.82) is 0 Å². The van der Waals surface area contributed by atoms with Crippen LogP contribution in [-0.4, -0.2) is 38.8 Å². The van der Waals surface area contributed by atoms with Crippen LogP contribution in [0, 0.1) is 12.8 Å². The Hall–Kier alpha value is -2.30. The number of hydrogen-bond acceptors (Lipinski definition) is 4. The molecular formula is C17H20N4O. The Morgan fingerprint density at radius 1 is 1.32 bits per heavy atom. The highest BCUT2D eigenvalue weighted by Gasteiger charge is 2.25. The summed E-state index contributed by atoms with van der Waals surface area (Å²) in [6.45, 7) is 3.45. The smallest absolute Gasteiger partial charge is 0.274 e. The van der Waals surface area contributed by atoms with Crippen molar-refractivity contribution in [2.45, 2.75) is 26.2 Å². The zero-order chi connectivity index (χ0) is 15.4. The number of rotatable bonds is 3. The van der Waals surface area contributed by atoms with Crippen molar-refractivity contribution in [3.05, 3.63) is 53.9 Å². The summed E-state index contributed by atoms with van der Waals surface area (Å²) in [5, 5.41) is 0. The van der Waals surface area contributed by atoms with Crippen molar-refractivity contribution in [2.24, 2.45) is 5.92 Å².